The topological polar surface area (TPSA) is 67.4 Å². The molecule has 0 unspecified atom stereocenters. The zero-order valence-corrected chi connectivity index (χ0v) is 16.2. The van der Waals surface area contributed by atoms with Crippen LogP contribution in [0.5, 0.6) is 0 Å². The summed E-state index contributed by atoms with van der Waals surface area (Å²) in [7, 11) is 0. The number of rotatable bonds is 3. The molecular formula is C19H21BrN2O3. The van der Waals surface area contributed by atoms with Gasteiger partial charge in [-0.05, 0) is 75.7 Å². The van der Waals surface area contributed by atoms with Crippen LogP contribution in [0.25, 0.3) is 0 Å². The Kier molecular flexibility index (Phi) is 5.85. The van der Waals surface area contributed by atoms with Crippen LogP contribution in [0.1, 0.15) is 36.7 Å². The first-order chi connectivity index (χ1) is 11.6. The van der Waals surface area contributed by atoms with Gasteiger partial charge in [-0.3, -0.25) is 10.1 Å². The highest BCUT2D eigenvalue weighted by molar-refractivity contribution is 9.10. The predicted octanol–water partition coefficient (Wildman–Crippen LogP) is 5.36. The summed E-state index contributed by atoms with van der Waals surface area (Å²) in [5.74, 6) is -0.217. The van der Waals surface area contributed by atoms with E-state index in [1.165, 1.54) is 0 Å². The Morgan fingerprint density at radius 2 is 1.56 bits per heavy atom. The maximum atomic E-state index is 12.3. The monoisotopic (exact) mass is 404 g/mol. The van der Waals surface area contributed by atoms with E-state index in [0.29, 0.717) is 11.3 Å². The van der Waals surface area contributed by atoms with Crippen LogP contribution < -0.4 is 10.6 Å². The van der Waals surface area contributed by atoms with Gasteiger partial charge in [0, 0.05) is 21.4 Å². The summed E-state index contributed by atoms with van der Waals surface area (Å²) in [5, 5.41) is 5.48. The number of anilines is 2. The van der Waals surface area contributed by atoms with Gasteiger partial charge < -0.3 is 10.1 Å². The van der Waals surface area contributed by atoms with Crippen molar-refractivity contribution >= 4 is 39.3 Å². The van der Waals surface area contributed by atoms with E-state index in [2.05, 4.69) is 26.6 Å². The molecule has 0 aliphatic rings. The van der Waals surface area contributed by atoms with Gasteiger partial charge in [0.1, 0.15) is 5.60 Å². The van der Waals surface area contributed by atoms with Crippen molar-refractivity contribution in [3.8, 4) is 0 Å². The first kappa shape index (κ1) is 19.0. The fraction of sp³-hybridized carbons (Fsp3) is 0.263. The lowest BCUT2D eigenvalue weighted by molar-refractivity contribution is 0.0636. The maximum absolute atomic E-state index is 12.3. The highest BCUT2D eigenvalue weighted by Gasteiger charge is 2.16. The van der Waals surface area contributed by atoms with E-state index in [1.807, 2.05) is 25.1 Å². The van der Waals surface area contributed by atoms with E-state index in [-0.39, 0.29) is 5.91 Å². The molecule has 2 aromatic rings. The van der Waals surface area contributed by atoms with Crippen molar-refractivity contribution in [2.45, 2.75) is 33.3 Å². The number of halogens is 1. The summed E-state index contributed by atoms with van der Waals surface area (Å²) in [6.07, 6.45) is -0.532. The molecule has 0 saturated heterocycles. The number of carbonyl (C=O) groups excluding carboxylic acids is 2. The number of carbonyl (C=O) groups is 2. The van der Waals surface area contributed by atoms with E-state index in [1.54, 1.807) is 45.0 Å². The Morgan fingerprint density at radius 1 is 0.960 bits per heavy atom. The average Bonchev–Trinajstić information content (AvgIpc) is 2.49. The number of ether oxygens (including phenoxy) is 1. The van der Waals surface area contributed by atoms with Crippen LogP contribution in [0.3, 0.4) is 0 Å². The zero-order chi connectivity index (χ0) is 18.6. The van der Waals surface area contributed by atoms with E-state index in [4.69, 9.17) is 4.74 Å². The van der Waals surface area contributed by atoms with Gasteiger partial charge in [0.2, 0.25) is 0 Å². The van der Waals surface area contributed by atoms with Crippen LogP contribution >= 0.6 is 15.9 Å². The zero-order valence-electron chi connectivity index (χ0n) is 14.6. The molecule has 2 aromatic carbocycles. The van der Waals surface area contributed by atoms with E-state index < -0.39 is 11.7 Å². The highest BCUT2D eigenvalue weighted by Crippen LogP contribution is 2.21. The van der Waals surface area contributed by atoms with Gasteiger partial charge in [-0.25, -0.2) is 4.79 Å². The molecule has 0 aromatic heterocycles. The molecule has 2 N–H and O–H groups in total. The van der Waals surface area contributed by atoms with Crippen molar-refractivity contribution < 1.29 is 14.3 Å². The van der Waals surface area contributed by atoms with Crippen LogP contribution in [-0.2, 0) is 4.74 Å². The summed E-state index contributed by atoms with van der Waals surface area (Å²) >= 11 is 3.43. The average molecular weight is 405 g/mol. The van der Waals surface area contributed by atoms with Crippen molar-refractivity contribution in [3.63, 3.8) is 0 Å². The molecule has 0 bridgehead atoms. The van der Waals surface area contributed by atoms with Crippen molar-refractivity contribution in [2.75, 3.05) is 10.6 Å². The molecule has 132 valence electrons. The number of amides is 2. The number of benzene rings is 2. The Balaban J connectivity index is 2.00. The Hall–Kier alpha value is -2.34. The van der Waals surface area contributed by atoms with E-state index >= 15 is 0 Å². The molecule has 0 aliphatic carbocycles. The number of aryl methyl sites for hydroxylation is 1. The van der Waals surface area contributed by atoms with Crippen molar-refractivity contribution in [1.29, 1.82) is 0 Å². The van der Waals surface area contributed by atoms with E-state index in [0.717, 1.165) is 15.7 Å². The number of hydrogen-bond donors (Lipinski definition) is 2. The SMILES string of the molecule is Cc1cc(NC(=O)c2ccc(NC(=O)OC(C)(C)C)cc2)ccc1Br. The Labute approximate surface area is 155 Å². The summed E-state index contributed by atoms with van der Waals surface area (Å²) in [6, 6.07) is 12.2. The smallest absolute Gasteiger partial charge is 0.412 e. The van der Waals surface area contributed by atoms with Gasteiger partial charge in [-0.2, -0.15) is 0 Å². The maximum Gasteiger partial charge on any atom is 0.412 e. The molecule has 0 spiro atoms. The van der Waals surface area contributed by atoms with Gasteiger partial charge in [0.05, 0.1) is 0 Å². The van der Waals surface area contributed by atoms with Crippen LogP contribution in [0.2, 0.25) is 0 Å². The molecule has 5 nitrogen and oxygen atoms in total. The molecule has 2 amide bonds. The summed E-state index contributed by atoms with van der Waals surface area (Å²) in [6.45, 7) is 7.34. The molecular weight excluding hydrogens is 384 g/mol. The molecule has 0 radical (unpaired) electrons. The second kappa shape index (κ2) is 7.70. The summed E-state index contributed by atoms with van der Waals surface area (Å²) in [4.78, 5) is 24.0. The molecule has 0 fully saturated rings. The van der Waals surface area contributed by atoms with Crippen LogP contribution in [0.15, 0.2) is 46.9 Å². The Bertz CT molecular complexity index is 780. The van der Waals surface area contributed by atoms with Crippen LogP contribution in [0, 0.1) is 6.92 Å². The van der Waals surface area contributed by atoms with Gasteiger partial charge >= 0.3 is 6.09 Å². The minimum atomic E-state index is -0.563. The standard InChI is InChI=1S/C19H21BrN2O3/c1-12-11-15(9-10-16(12)20)21-17(23)13-5-7-14(8-6-13)22-18(24)25-19(2,3)4/h5-11H,1-4H3,(H,21,23)(H,22,24). The normalized spacial score (nSPS) is 10.9. The largest absolute Gasteiger partial charge is 0.444 e. The fourth-order valence-corrected chi connectivity index (χ4v) is 2.30. The van der Waals surface area contributed by atoms with Gasteiger partial charge in [0.25, 0.3) is 5.91 Å². The lowest BCUT2D eigenvalue weighted by Crippen LogP contribution is -2.27. The second-order valence-corrected chi connectivity index (χ2v) is 7.48. The third kappa shape index (κ3) is 5.90. The van der Waals surface area contributed by atoms with Gasteiger partial charge in [0.15, 0.2) is 0 Å². The van der Waals surface area contributed by atoms with Crippen LogP contribution in [-0.4, -0.2) is 17.6 Å². The van der Waals surface area contributed by atoms with Crippen molar-refractivity contribution in [3.05, 3.63) is 58.1 Å². The van der Waals surface area contributed by atoms with Crippen LogP contribution in [0.4, 0.5) is 16.2 Å². The second-order valence-electron chi connectivity index (χ2n) is 6.62. The van der Waals surface area contributed by atoms with Gasteiger partial charge in [-0.1, -0.05) is 15.9 Å². The van der Waals surface area contributed by atoms with Gasteiger partial charge in [-0.15, -0.1) is 0 Å². The number of hydrogen-bond acceptors (Lipinski definition) is 3. The molecule has 0 aliphatic heterocycles. The minimum absolute atomic E-state index is 0.217. The molecule has 0 saturated carbocycles. The third-order valence-electron chi connectivity index (χ3n) is 3.21. The first-order valence-corrected chi connectivity index (χ1v) is 8.61. The molecule has 6 heteroatoms. The fourth-order valence-electron chi connectivity index (χ4n) is 2.05. The molecule has 2 rings (SSSR count). The lowest BCUT2D eigenvalue weighted by atomic mass is 10.1. The highest BCUT2D eigenvalue weighted by atomic mass is 79.9. The number of nitrogens with one attached hydrogen (secondary N) is 2. The lowest BCUT2D eigenvalue weighted by Gasteiger charge is -2.19. The predicted molar refractivity (Wildman–Crippen MR) is 103 cm³/mol. The Morgan fingerprint density at radius 3 is 2.12 bits per heavy atom. The third-order valence-corrected chi connectivity index (χ3v) is 4.10. The summed E-state index contributed by atoms with van der Waals surface area (Å²) in [5.41, 5.74) is 2.25. The molecule has 0 atom stereocenters. The summed E-state index contributed by atoms with van der Waals surface area (Å²) < 4.78 is 6.17. The van der Waals surface area contributed by atoms with E-state index in [9.17, 15) is 9.59 Å². The molecule has 25 heavy (non-hydrogen) atoms. The molecule has 0 heterocycles. The quantitative estimate of drug-likeness (QED) is 0.723. The minimum Gasteiger partial charge on any atom is -0.444 e. The first-order valence-electron chi connectivity index (χ1n) is 7.81. The van der Waals surface area contributed by atoms with Crippen molar-refractivity contribution in [2.24, 2.45) is 0 Å². The van der Waals surface area contributed by atoms with Crippen molar-refractivity contribution in [1.82, 2.24) is 0 Å².